The van der Waals surface area contributed by atoms with E-state index in [9.17, 15) is 4.79 Å². The van der Waals surface area contributed by atoms with Crippen molar-refractivity contribution in [1.29, 1.82) is 0 Å². The minimum atomic E-state index is -0.597. The molecule has 10 heavy (non-hydrogen) atoms. The summed E-state index contributed by atoms with van der Waals surface area (Å²) in [6.45, 7) is 0. The van der Waals surface area contributed by atoms with Gasteiger partial charge in [-0.3, -0.25) is 4.79 Å². The van der Waals surface area contributed by atoms with E-state index >= 15 is 0 Å². The van der Waals surface area contributed by atoms with E-state index in [1.54, 1.807) is 6.08 Å². The molecule has 4 heteroatoms. The third kappa shape index (κ3) is 1.45. The number of primary amides is 1. The molecule has 0 unspecified atom stereocenters. The van der Waals surface area contributed by atoms with E-state index in [1.165, 1.54) is 18.7 Å². The minimum absolute atomic E-state index is 0.116. The number of hydrogen-bond donors (Lipinski definition) is 1. The maximum atomic E-state index is 10.4. The van der Waals surface area contributed by atoms with Gasteiger partial charge < -0.3 is 10.5 Å². The van der Waals surface area contributed by atoms with Gasteiger partial charge in [-0.25, -0.2) is 4.99 Å². The van der Waals surface area contributed by atoms with Crippen LogP contribution in [-0.2, 0) is 9.53 Å². The van der Waals surface area contributed by atoms with Crippen LogP contribution in [-0.4, -0.2) is 12.1 Å². The lowest BCUT2D eigenvalue weighted by Crippen LogP contribution is -2.12. The fraction of sp³-hybridized carbons (Fsp3) is 0. The van der Waals surface area contributed by atoms with Crippen molar-refractivity contribution in [1.82, 2.24) is 0 Å². The number of allylic oxidation sites excluding steroid dienone is 1. The van der Waals surface area contributed by atoms with Crippen molar-refractivity contribution in [3.63, 3.8) is 0 Å². The van der Waals surface area contributed by atoms with Gasteiger partial charge in [-0.05, 0) is 6.08 Å². The molecule has 0 spiro atoms. The molecule has 0 atom stereocenters. The lowest BCUT2D eigenvalue weighted by molar-refractivity contribution is -0.114. The first-order valence-corrected chi connectivity index (χ1v) is 2.65. The molecule has 0 saturated heterocycles. The molecule has 0 radical (unpaired) electrons. The lowest BCUT2D eigenvalue weighted by Gasteiger charge is -1.90. The Morgan fingerprint density at radius 3 is 3.20 bits per heavy atom. The molecule has 52 valence electrons. The highest BCUT2D eigenvalue weighted by molar-refractivity contribution is 5.93. The summed E-state index contributed by atoms with van der Waals surface area (Å²) in [6, 6.07) is 0. The van der Waals surface area contributed by atoms with Crippen LogP contribution in [0.1, 0.15) is 0 Å². The molecule has 1 amide bonds. The van der Waals surface area contributed by atoms with E-state index in [1.807, 2.05) is 0 Å². The van der Waals surface area contributed by atoms with Crippen LogP contribution in [0.4, 0.5) is 0 Å². The molecule has 1 aliphatic heterocycles. The monoisotopic (exact) mass is 138 g/mol. The number of hydrogen-bond acceptors (Lipinski definition) is 3. The zero-order valence-electron chi connectivity index (χ0n) is 5.15. The molecule has 0 saturated carbocycles. The van der Waals surface area contributed by atoms with Crippen LogP contribution in [0.5, 0.6) is 0 Å². The highest BCUT2D eigenvalue weighted by atomic mass is 16.5. The predicted molar refractivity (Wildman–Crippen MR) is 36.0 cm³/mol. The Labute approximate surface area is 57.7 Å². The first kappa shape index (κ1) is 6.54. The van der Waals surface area contributed by atoms with Crippen LogP contribution in [0, 0.1) is 0 Å². The number of amides is 1. The summed E-state index contributed by atoms with van der Waals surface area (Å²) in [5.74, 6) is -0.597. The molecular weight excluding hydrogens is 132 g/mol. The number of carbonyl (C=O) groups is 1. The maximum Gasteiger partial charge on any atom is 0.270 e. The van der Waals surface area contributed by atoms with Gasteiger partial charge in [0.25, 0.3) is 5.91 Å². The summed E-state index contributed by atoms with van der Waals surface area (Å²) in [7, 11) is 0. The normalized spacial score (nSPS) is 15.4. The van der Waals surface area contributed by atoms with Gasteiger partial charge in [0.05, 0.1) is 6.26 Å². The van der Waals surface area contributed by atoms with Gasteiger partial charge in [0.1, 0.15) is 6.26 Å². The van der Waals surface area contributed by atoms with E-state index in [-0.39, 0.29) is 5.70 Å². The van der Waals surface area contributed by atoms with Gasteiger partial charge in [0.2, 0.25) is 0 Å². The Bertz CT molecular complexity index is 228. The van der Waals surface area contributed by atoms with Gasteiger partial charge in [-0.1, -0.05) is 0 Å². The topological polar surface area (TPSA) is 64.7 Å². The summed E-state index contributed by atoms with van der Waals surface area (Å²) in [5, 5.41) is 0. The van der Waals surface area contributed by atoms with E-state index in [2.05, 4.69) is 4.99 Å². The Balaban J connectivity index is 2.78. The van der Waals surface area contributed by atoms with Crippen molar-refractivity contribution < 1.29 is 9.53 Å². The second-order valence-corrected chi connectivity index (χ2v) is 1.61. The molecule has 0 aliphatic carbocycles. The number of nitrogens with zero attached hydrogens (tertiary/aromatic N) is 1. The molecule has 0 bridgehead atoms. The quantitative estimate of drug-likeness (QED) is 0.551. The molecular formula is C6H6N2O2. The molecule has 0 aromatic carbocycles. The zero-order chi connectivity index (χ0) is 7.40. The van der Waals surface area contributed by atoms with E-state index in [0.717, 1.165) is 0 Å². The maximum absolute atomic E-state index is 10.4. The molecule has 1 heterocycles. The summed E-state index contributed by atoms with van der Waals surface area (Å²) < 4.78 is 4.70. The molecule has 0 aromatic heterocycles. The van der Waals surface area contributed by atoms with Crippen molar-refractivity contribution in [2.45, 2.75) is 0 Å². The number of ether oxygens (including phenoxy) is 1. The third-order valence-corrected chi connectivity index (χ3v) is 0.889. The summed E-state index contributed by atoms with van der Waals surface area (Å²) in [4.78, 5) is 14.1. The van der Waals surface area contributed by atoms with Crippen molar-refractivity contribution in [2.75, 3.05) is 0 Å². The van der Waals surface area contributed by atoms with Crippen molar-refractivity contribution in [3.8, 4) is 0 Å². The van der Waals surface area contributed by atoms with Crippen LogP contribution < -0.4 is 5.73 Å². The van der Waals surface area contributed by atoms with Crippen molar-refractivity contribution >= 4 is 12.1 Å². The number of rotatable bonds is 1. The summed E-state index contributed by atoms with van der Waals surface area (Å²) in [5.41, 5.74) is 5.02. The summed E-state index contributed by atoms with van der Waals surface area (Å²) >= 11 is 0. The van der Waals surface area contributed by atoms with E-state index in [0.29, 0.717) is 0 Å². The van der Waals surface area contributed by atoms with Crippen molar-refractivity contribution in [2.24, 2.45) is 10.7 Å². The standard InChI is InChI=1S/C6H6N2O2/c7-6(9)5-4-10-3-1-2-8-5/h1-4H,(H2,7,9). The number of nitrogens with two attached hydrogens (primary N) is 1. The van der Waals surface area contributed by atoms with Crippen LogP contribution in [0.3, 0.4) is 0 Å². The largest absolute Gasteiger partial charge is 0.470 e. The van der Waals surface area contributed by atoms with Crippen molar-refractivity contribution in [3.05, 3.63) is 24.3 Å². The average molecular weight is 138 g/mol. The molecule has 2 N–H and O–H groups in total. The smallest absolute Gasteiger partial charge is 0.270 e. The fourth-order valence-corrected chi connectivity index (χ4v) is 0.460. The van der Waals surface area contributed by atoms with Gasteiger partial charge in [0.15, 0.2) is 5.70 Å². The highest BCUT2D eigenvalue weighted by Gasteiger charge is 2.01. The molecule has 1 aliphatic rings. The number of aliphatic imine (C=N–C) groups is 1. The first-order chi connectivity index (χ1) is 4.80. The fourth-order valence-electron chi connectivity index (χ4n) is 0.460. The van der Waals surface area contributed by atoms with E-state index < -0.39 is 5.91 Å². The van der Waals surface area contributed by atoms with E-state index in [4.69, 9.17) is 10.5 Å². The first-order valence-electron chi connectivity index (χ1n) is 2.65. The predicted octanol–water partition coefficient (Wildman–Crippen LogP) is -0.0722. The van der Waals surface area contributed by atoms with Gasteiger partial charge in [-0.2, -0.15) is 0 Å². The molecule has 1 rings (SSSR count). The van der Waals surface area contributed by atoms with Gasteiger partial charge in [-0.15, -0.1) is 0 Å². The third-order valence-electron chi connectivity index (χ3n) is 0.889. The van der Waals surface area contributed by atoms with Crippen LogP contribution >= 0.6 is 0 Å². The van der Waals surface area contributed by atoms with Gasteiger partial charge >= 0.3 is 0 Å². The molecule has 4 nitrogen and oxygen atoms in total. The van der Waals surface area contributed by atoms with Gasteiger partial charge in [0, 0.05) is 6.21 Å². The lowest BCUT2D eigenvalue weighted by atomic mass is 10.5. The Kier molecular flexibility index (Phi) is 1.84. The number of carbonyl (C=O) groups excluding carboxylic acids is 1. The second-order valence-electron chi connectivity index (χ2n) is 1.61. The summed E-state index contributed by atoms with van der Waals surface area (Å²) in [6.07, 6.45) is 5.60. The SMILES string of the molecule is NC(=O)C1=COC=CC=N1. The van der Waals surface area contributed by atoms with Crippen LogP contribution in [0.2, 0.25) is 0 Å². The zero-order valence-corrected chi connectivity index (χ0v) is 5.15. The van der Waals surface area contributed by atoms with Crippen LogP contribution in [0.25, 0.3) is 0 Å². The second kappa shape index (κ2) is 2.82. The minimum Gasteiger partial charge on any atom is -0.470 e. The average Bonchev–Trinajstić information content (AvgIpc) is 2.12. The van der Waals surface area contributed by atoms with Crippen LogP contribution in [0.15, 0.2) is 29.3 Å². The Morgan fingerprint density at radius 1 is 1.70 bits per heavy atom. The Hall–Kier alpha value is -1.58. The highest BCUT2D eigenvalue weighted by Crippen LogP contribution is 1.98. The molecule has 0 fully saturated rings. The molecule has 0 aromatic rings. The Morgan fingerprint density at radius 2 is 2.50 bits per heavy atom.